The lowest BCUT2D eigenvalue weighted by Gasteiger charge is -2.09. The fourth-order valence-electron chi connectivity index (χ4n) is 2.11. The number of amides is 1. The summed E-state index contributed by atoms with van der Waals surface area (Å²) >= 11 is 0. The number of nitrogens with zero attached hydrogens (tertiary/aromatic N) is 2. The zero-order valence-electron chi connectivity index (χ0n) is 12.6. The Kier molecular flexibility index (Phi) is 5.06. The summed E-state index contributed by atoms with van der Waals surface area (Å²) in [5, 5.41) is 22.4. The van der Waals surface area contributed by atoms with Crippen LogP contribution in [0.25, 0.3) is 0 Å². The van der Waals surface area contributed by atoms with Gasteiger partial charge in [-0.1, -0.05) is 6.07 Å². The molecule has 0 saturated carbocycles. The van der Waals surface area contributed by atoms with E-state index in [0.717, 1.165) is 6.07 Å². The van der Waals surface area contributed by atoms with Crippen molar-refractivity contribution in [2.75, 3.05) is 7.11 Å². The summed E-state index contributed by atoms with van der Waals surface area (Å²) in [6.45, 7) is -0.214. The summed E-state index contributed by atoms with van der Waals surface area (Å²) in [6.07, 6.45) is 0. The Morgan fingerprint density at radius 2 is 2.17 bits per heavy atom. The Bertz CT molecular complexity index is 846. The Labute approximate surface area is 136 Å². The fourth-order valence-corrected chi connectivity index (χ4v) is 2.11. The molecule has 1 amide bonds. The minimum Gasteiger partial charge on any atom is -0.490 e. The van der Waals surface area contributed by atoms with E-state index in [1.165, 1.54) is 37.4 Å². The standard InChI is InChI=1S/C16H12FN3O4/c1-24-14-4-2-3-12(15(14)20(22)23)16(21)19-9-11-7-10(8-18)5-6-13(11)17/h2-7H,9H2,1H3,(H,19,21). The molecular formula is C16H12FN3O4. The van der Waals surface area contributed by atoms with Gasteiger partial charge in [0.15, 0.2) is 5.75 Å². The molecule has 0 unspecified atom stereocenters. The van der Waals surface area contributed by atoms with Crippen LogP contribution in [-0.4, -0.2) is 17.9 Å². The average molecular weight is 329 g/mol. The number of carbonyl (C=O) groups is 1. The molecule has 8 heteroatoms. The van der Waals surface area contributed by atoms with Gasteiger partial charge in [-0.15, -0.1) is 0 Å². The molecule has 0 aliphatic heterocycles. The van der Waals surface area contributed by atoms with E-state index in [4.69, 9.17) is 10.00 Å². The SMILES string of the molecule is COc1cccc(C(=O)NCc2cc(C#N)ccc2F)c1[N+](=O)[O-]. The molecule has 0 saturated heterocycles. The highest BCUT2D eigenvalue weighted by molar-refractivity contribution is 5.99. The van der Waals surface area contributed by atoms with Crippen molar-refractivity contribution < 1.29 is 18.8 Å². The van der Waals surface area contributed by atoms with Crippen molar-refractivity contribution in [3.05, 3.63) is 69.0 Å². The van der Waals surface area contributed by atoms with Crippen molar-refractivity contribution in [2.45, 2.75) is 6.54 Å². The molecule has 24 heavy (non-hydrogen) atoms. The van der Waals surface area contributed by atoms with Gasteiger partial charge in [0.25, 0.3) is 5.91 Å². The maximum Gasteiger partial charge on any atom is 0.323 e. The van der Waals surface area contributed by atoms with Crippen molar-refractivity contribution in [3.63, 3.8) is 0 Å². The molecule has 0 spiro atoms. The number of nitriles is 1. The van der Waals surface area contributed by atoms with Gasteiger partial charge < -0.3 is 10.1 Å². The van der Waals surface area contributed by atoms with Gasteiger partial charge in [-0.3, -0.25) is 14.9 Å². The Hall–Kier alpha value is -3.47. The van der Waals surface area contributed by atoms with Crippen molar-refractivity contribution in [1.29, 1.82) is 5.26 Å². The van der Waals surface area contributed by atoms with Crippen LogP contribution in [0.4, 0.5) is 10.1 Å². The number of para-hydroxylation sites is 1. The number of methoxy groups -OCH3 is 1. The summed E-state index contributed by atoms with van der Waals surface area (Å²) in [4.78, 5) is 22.7. The van der Waals surface area contributed by atoms with Crippen LogP contribution >= 0.6 is 0 Å². The van der Waals surface area contributed by atoms with E-state index in [1.807, 2.05) is 6.07 Å². The monoisotopic (exact) mass is 329 g/mol. The normalized spacial score (nSPS) is 9.88. The summed E-state index contributed by atoms with van der Waals surface area (Å²) in [5.41, 5.74) is -0.319. The van der Waals surface area contributed by atoms with Crippen LogP contribution < -0.4 is 10.1 Å². The van der Waals surface area contributed by atoms with Crippen molar-refractivity contribution in [3.8, 4) is 11.8 Å². The molecule has 0 radical (unpaired) electrons. The van der Waals surface area contributed by atoms with Crippen LogP contribution in [0.2, 0.25) is 0 Å². The number of hydrogen-bond donors (Lipinski definition) is 1. The van der Waals surface area contributed by atoms with Crippen molar-refractivity contribution in [1.82, 2.24) is 5.32 Å². The van der Waals surface area contributed by atoms with Crippen molar-refractivity contribution >= 4 is 11.6 Å². The summed E-state index contributed by atoms with van der Waals surface area (Å²) in [6, 6.07) is 9.69. The van der Waals surface area contributed by atoms with Gasteiger partial charge >= 0.3 is 5.69 Å². The largest absolute Gasteiger partial charge is 0.490 e. The van der Waals surface area contributed by atoms with Crippen LogP contribution in [0.3, 0.4) is 0 Å². The predicted octanol–water partition coefficient (Wildman–Crippen LogP) is 2.54. The second kappa shape index (κ2) is 7.19. The zero-order valence-corrected chi connectivity index (χ0v) is 12.6. The quantitative estimate of drug-likeness (QED) is 0.670. The van der Waals surface area contributed by atoms with E-state index < -0.39 is 22.3 Å². The molecule has 0 bridgehead atoms. The number of halogens is 1. The minimum atomic E-state index is -0.748. The van der Waals surface area contributed by atoms with Crippen molar-refractivity contribution in [2.24, 2.45) is 0 Å². The van der Waals surface area contributed by atoms with E-state index in [0.29, 0.717) is 0 Å². The predicted molar refractivity (Wildman–Crippen MR) is 81.9 cm³/mol. The molecule has 0 heterocycles. The molecule has 0 aromatic heterocycles. The zero-order chi connectivity index (χ0) is 17.7. The van der Waals surface area contributed by atoms with Gasteiger partial charge in [0, 0.05) is 12.1 Å². The van der Waals surface area contributed by atoms with Crippen LogP contribution in [0.1, 0.15) is 21.5 Å². The molecule has 122 valence electrons. The molecule has 0 fully saturated rings. The molecular weight excluding hydrogens is 317 g/mol. The van der Waals surface area contributed by atoms with Gasteiger partial charge in [0.2, 0.25) is 0 Å². The van der Waals surface area contributed by atoms with Crippen LogP contribution in [0.15, 0.2) is 36.4 Å². The molecule has 0 atom stereocenters. The third-order valence-electron chi connectivity index (χ3n) is 3.26. The second-order valence-electron chi connectivity index (χ2n) is 4.71. The molecule has 2 aromatic rings. The highest BCUT2D eigenvalue weighted by Crippen LogP contribution is 2.30. The fraction of sp³-hybridized carbons (Fsp3) is 0.125. The van der Waals surface area contributed by atoms with Crippen LogP contribution in [0, 0.1) is 27.3 Å². The second-order valence-corrected chi connectivity index (χ2v) is 4.71. The first-order chi connectivity index (χ1) is 11.5. The lowest BCUT2D eigenvalue weighted by atomic mass is 10.1. The number of benzene rings is 2. The Balaban J connectivity index is 2.26. The maximum atomic E-state index is 13.7. The van der Waals surface area contributed by atoms with E-state index in [9.17, 15) is 19.3 Å². The Morgan fingerprint density at radius 3 is 2.79 bits per heavy atom. The summed E-state index contributed by atoms with van der Waals surface area (Å²) in [5.74, 6) is -1.39. The van der Waals surface area contributed by atoms with Crippen LogP contribution in [0.5, 0.6) is 5.75 Å². The number of nitrogens with one attached hydrogen (secondary N) is 1. The molecule has 0 aliphatic carbocycles. The smallest absolute Gasteiger partial charge is 0.323 e. The minimum absolute atomic E-state index is 0.0506. The van der Waals surface area contributed by atoms with E-state index >= 15 is 0 Å². The third-order valence-corrected chi connectivity index (χ3v) is 3.26. The van der Waals surface area contributed by atoms with Crippen LogP contribution in [-0.2, 0) is 6.54 Å². The first-order valence-electron chi connectivity index (χ1n) is 6.76. The summed E-state index contributed by atoms with van der Waals surface area (Å²) in [7, 11) is 1.26. The molecule has 7 nitrogen and oxygen atoms in total. The number of nitro groups is 1. The first-order valence-corrected chi connectivity index (χ1v) is 6.76. The lowest BCUT2D eigenvalue weighted by Crippen LogP contribution is -2.24. The molecule has 2 rings (SSSR count). The highest BCUT2D eigenvalue weighted by Gasteiger charge is 2.25. The van der Waals surface area contributed by atoms with E-state index in [2.05, 4.69) is 5.32 Å². The maximum absolute atomic E-state index is 13.7. The third kappa shape index (κ3) is 3.47. The Morgan fingerprint density at radius 1 is 1.42 bits per heavy atom. The number of rotatable bonds is 5. The topological polar surface area (TPSA) is 105 Å². The van der Waals surface area contributed by atoms with E-state index in [-0.39, 0.29) is 29.0 Å². The van der Waals surface area contributed by atoms with Gasteiger partial charge in [-0.2, -0.15) is 5.26 Å². The van der Waals surface area contributed by atoms with Gasteiger partial charge in [0.1, 0.15) is 11.4 Å². The number of ether oxygens (including phenoxy) is 1. The first kappa shape index (κ1) is 16.9. The van der Waals surface area contributed by atoms with Gasteiger partial charge in [-0.25, -0.2) is 4.39 Å². The number of hydrogen-bond acceptors (Lipinski definition) is 5. The molecule has 0 aliphatic rings. The number of nitro benzene ring substituents is 1. The summed E-state index contributed by atoms with van der Waals surface area (Å²) < 4.78 is 18.6. The lowest BCUT2D eigenvalue weighted by molar-refractivity contribution is -0.386. The molecule has 2 aromatic carbocycles. The number of carbonyl (C=O) groups excluding carboxylic acids is 1. The highest BCUT2D eigenvalue weighted by atomic mass is 19.1. The average Bonchev–Trinajstić information content (AvgIpc) is 2.59. The van der Waals surface area contributed by atoms with Gasteiger partial charge in [-0.05, 0) is 30.3 Å². The van der Waals surface area contributed by atoms with E-state index in [1.54, 1.807) is 0 Å². The van der Waals surface area contributed by atoms with Gasteiger partial charge in [0.05, 0.1) is 23.7 Å². The molecule has 1 N–H and O–H groups in total.